The molecule has 4 rings (SSSR count). The molecule has 0 N–H and O–H groups in total. The molecule has 3 aromatic rings. The maximum Gasteiger partial charge on any atom is 0.276 e. The smallest absolute Gasteiger partial charge is 0.276 e. The maximum atomic E-state index is 13.0. The number of likely N-dealkylation sites (N-methyl/N-ethyl adjacent to an activating group) is 1. The van der Waals surface area contributed by atoms with Crippen molar-refractivity contribution in [2.24, 2.45) is 0 Å². The van der Waals surface area contributed by atoms with Crippen molar-refractivity contribution in [1.82, 2.24) is 19.9 Å². The first-order valence-electron chi connectivity index (χ1n) is 10.0. The van der Waals surface area contributed by atoms with E-state index in [1.54, 1.807) is 11.9 Å². The molecule has 0 atom stereocenters. The minimum atomic E-state index is -0.113. The molecule has 0 saturated heterocycles. The molecule has 1 aromatic heterocycles. The van der Waals surface area contributed by atoms with Gasteiger partial charge in [0.05, 0.1) is 17.9 Å². The molecule has 1 heterocycles. The van der Waals surface area contributed by atoms with Crippen LogP contribution < -0.4 is 4.74 Å². The Labute approximate surface area is 171 Å². The van der Waals surface area contributed by atoms with Crippen LogP contribution in [0.25, 0.3) is 5.69 Å². The summed E-state index contributed by atoms with van der Waals surface area (Å²) < 4.78 is 7.66. The SMILES string of the molecule is Cc1cc(C)cc(OCCN(C)C(=O)c2nnn(-c3ccccc3)c2C2CC2)c1. The van der Waals surface area contributed by atoms with E-state index in [1.165, 1.54) is 0 Å². The second-order valence-electron chi connectivity index (χ2n) is 7.74. The van der Waals surface area contributed by atoms with Crippen molar-refractivity contribution in [2.75, 3.05) is 20.2 Å². The fourth-order valence-electron chi connectivity index (χ4n) is 3.52. The first-order valence-corrected chi connectivity index (χ1v) is 10.0. The lowest BCUT2D eigenvalue weighted by Gasteiger charge is -2.17. The second kappa shape index (κ2) is 8.07. The first-order chi connectivity index (χ1) is 14.0. The maximum absolute atomic E-state index is 13.0. The molecule has 1 saturated carbocycles. The average molecular weight is 390 g/mol. The van der Waals surface area contributed by atoms with E-state index in [-0.39, 0.29) is 5.91 Å². The normalized spacial score (nSPS) is 13.3. The Balaban J connectivity index is 1.45. The molecule has 2 aromatic carbocycles. The number of para-hydroxylation sites is 1. The van der Waals surface area contributed by atoms with Crippen molar-refractivity contribution in [2.45, 2.75) is 32.6 Å². The van der Waals surface area contributed by atoms with Crippen LogP contribution in [0.1, 0.15) is 46.1 Å². The molecule has 1 aliphatic carbocycles. The number of carbonyl (C=O) groups is 1. The number of rotatable bonds is 7. The van der Waals surface area contributed by atoms with Crippen LogP contribution in [0, 0.1) is 13.8 Å². The minimum absolute atomic E-state index is 0.113. The van der Waals surface area contributed by atoms with Gasteiger partial charge in [-0.1, -0.05) is 29.5 Å². The third-order valence-corrected chi connectivity index (χ3v) is 5.11. The van der Waals surface area contributed by atoms with Crippen molar-refractivity contribution < 1.29 is 9.53 Å². The highest BCUT2D eigenvalue weighted by atomic mass is 16.5. The number of benzene rings is 2. The number of nitrogens with zero attached hydrogens (tertiary/aromatic N) is 4. The van der Waals surface area contributed by atoms with Crippen LogP contribution in [0.5, 0.6) is 5.75 Å². The van der Waals surface area contributed by atoms with Crippen LogP contribution in [0.2, 0.25) is 0 Å². The van der Waals surface area contributed by atoms with Gasteiger partial charge < -0.3 is 9.64 Å². The molecule has 0 spiro atoms. The highest BCUT2D eigenvalue weighted by molar-refractivity contribution is 5.93. The first kappa shape index (κ1) is 19.2. The van der Waals surface area contributed by atoms with E-state index in [0.717, 1.165) is 41.1 Å². The molecule has 0 aliphatic heterocycles. The highest BCUT2D eigenvalue weighted by Gasteiger charge is 2.35. The van der Waals surface area contributed by atoms with Crippen LogP contribution in [-0.4, -0.2) is 46.0 Å². The van der Waals surface area contributed by atoms with E-state index in [0.29, 0.717) is 24.8 Å². The molecule has 29 heavy (non-hydrogen) atoms. The summed E-state index contributed by atoms with van der Waals surface area (Å²) in [6.45, 7) is 5.00. The molecule has 1 aliphatic rings. The Morgan fingerprint density at radius 2 is 1.83 bits per heavy atom. The number of carbonyl (C=O) groups excluding carboxylic acids is 1. The molecule has 6 heteroatoms. The zero-order valence-electron chi connectivity index (χ0n) is 17.1. The number of amides is 1. The highest BCUT2D eigenvalue weighted by Crippen LogP contribution is 2.42. The lowest BCUT2D eigenvalue weighted by Crippen LogP contribution is -2.32. The zero-order chi connectivity index (χ0) is 20.4. The summed E-state index contributed by atoms with van der Waals surface area (Å²) in [7, 11) is 1.78. The Morgan fingerprint density at radius 1 is 1.14 bits per heavy atom. The van der Waals surface area contributed by atoms with Crippen molar-refractivity contribution in [3.8, 4) is 11.4 Å². The monoisotopic (exact) mass is 390 g/mol. The summed E-state index contributed by atoms with van der Waals surface area (Å²) in [5, 5.41) is 8.53. The number of aryl methyl sites for hydroxylation is 2. The number of aromatic nitrogens is 3. The van der Waals surface area contributed by atoms with Crippen LogP contribution in [0.3, 0.4) is 0 Å². The van der Waals surface area contributed by atoms with Crippen LogP contribution >= 0.6 is 0 Å². The van der Waals surface area contributed by atoms with Gasteiger partial charge in [0.2, 0.25) is 0 Å². The third kappa shape index (κ3) is 4.31. The summed E-state index contributed by atoms with van der Waals surface area (Å²) in [6, 6.07) is 16.0. The minimum Gasteiger partial charge on any atom is -0.492 e. The van der Waals surface area contributed by atoms with Gasteiger partial charge in [-0.2, -0.15) is 0 Å². The molecule has 1 amide bonds. The Kier molecular flexibility index (Phi) is 5.34. The van der Waals surface area contributed by atoms with Crippen LogP contribution in [0.4, 0.5) is 0 Å². The van der Waals surface area contributed by atoms with E-state index < -0.39 is 0 Å². The molecule has 1 fully saturated rings. The van der Waals surface area contributed by atoms with Gasteiger partial charge >= 0.3 is 0 Å². The van der Waals surface area contributed by atoms with Crippen LogP contribution in [-0.2, 0) is 0 Å². The standard InChI is InChI=1S/C23H26N4O2/c1-16-13-17(2)15-20(14-16)29-12-11-26(3)23(28)21-22(18-9-10-18)27(25-24-21)19-7-5-4-6-8-19/h4-8,13-15,18H,9-12H2,1-3H3. The molecule has 150 valence electrons. The summed E-state index contributed by atoms with van der Waals surface area (Å²) >= 11 is 0. The van der Waals surface area contributed by atoms with Gasteiger partial charge in [-0.3, -0.25) is 4.79 Å². The molecule has 0 unspecified atom stereocenters. The molecular formula is C23H26N4O2. The predicted octanol–water partition coefficient (Wildman–Crippen LogP) is 3.91. The average Bonchev–Trinajstić information content (AvgIpc) is 3.45. The zero-order valence-corrected chi connectivity index (χ0v) is 17.1. The van der Waals surface area contributed by atoms with Crippen molar-refractivity contribution in [1.29, 1.82) is 0 Å². The van der Waals surface area contributed by atoms with Gasteiger partial charge in [-0.15, -0.1) is 5.10 Å². The van der Waals surface area contributed by atoms with E-state index in [1.807, 2.05) is 61.0 Å². The lowest BCUT2D eigenvalue weighted by molar-refractivity contribution is 0.0766. The van der Waals surface area contributed by atoms with E-state index >= 15 is 0 Å². The quantitative estimate of drug-likeness (QED) is 0.614. The second-order valence-corrected chi connectivity index (χ2v) is 7.74. The van der Waals surface area contributed by atoms with Crippen molar-refractivity contribution >= 4 is 5.91 Å². The Bertz CT molecular complexity index is 989. The summed E-state index contributed by atoms with van der Waals surface area (Å²) in [5.74, 6) is 1.07. The van der Waals surface area contributed by atoms with Gasteiger partial charge in [-0.05, 0) is 62.1 Å². The summed E-state index contributed by atoms with van der Waals surface area (Å²) in [6.07, 6.45) is 2.14. The van der Waals surface area contributed by atoms with E-state index in [4.69, 9.17) is 4.74 Å². The van der Waals surface area contributed by atoms with Gasteiger partial charge in [0.1, 0.15) is 12.4 Å². The molecular weight excluding hydrogens is 364 g/mol. The molecule has 0 radical (unpaired) electrons. The lowest BCUT2D eigenvalue weighted by atomic mass is 10.1. The van der Waals surface area contributed by atoms with Gasteiger partial charge in [0.25, 0.3) is 5.91 Å². The van der Waals surface area contributed by atoms with Crippen LogP contribution in [0.15, 0.2) is 48.5 Å². The summed E-state index contributed by atoms with van der Waals surface area (Å²) in [5.41, 5.74) is 4.63. The van der Waals surface area contributed by atoms with E-state index in [2.05, 4.69) is 16.4 Å². The number of ether oxygens (including phenoxy) is 1. The molecule has 6 nitrogen and oxygen atoms in total. The summed E-state index contributed by atoms with van der Waals surface area (Å²) in [4.78, 5) is 14.7. The largest absolute Gasteiger partial charge is 0.492 e. The van der Waals surface area contributed by atoms with Crippen molar-refractivity contribution in [3.05, 3.63) is 71.0 Å². The van der Waals surface area contributed by atoms with E-state index in [9.17, 15) is 4.79 Å². The fraction of sp³-hybridized carbons (Fsp3) is 0.348. The van der Waals surface area contributed by atoms with Gasteiger partial charge in [0.15, 0.2) is 5.69 Å². The Morgan fingerprint density at radius 3 is 2.48 bits per heavy atom. The topological polar surface area (TPSA) is 60.2 Å². The predicted molar refractivity (Wildman–Crippen MR) is 112 cm³/mol. The van der Waals surface area contributed by atoms with Crippen molar-refractivity contribution in [3.63, 3.8) is 0 Å². The third-order valence-electron chi connectivity index (χ3n) is 5.11. The fourth-order valence-corrected chi connectivity index (χ4v) is 3.52. The number of hydrogen-bond donors (Lipinski definition) is 0. The number of hydrogen-bond acceptors (Lipinski definition) is 4. The molecule has 0 bridgehead atoms. The van der Waals surface area contributed by atoms with Gasteiger partial charge in [-0.25, -0.2) is 4.68 Å². The van der Waals surface area contributed by atoms with Gasteiger partial charge in [0, 0.05) is 13.0 Å². The Hall–Kier alpha value is -3.15.